The number of unbranched alkanes of at least 4 members (excludes halogenated alkanes) is 7. The van der Waals surface area contributed by atoms with Crippen LogP contribution in [0.1, 0.15) is 148 Å². The normalized spacial score (nSPS) is 17.0. The van der Waals surface area contributed by atoms with Crippen molar-refractivity contribution in [1.29, 1.82) is 0 Å². The van der Waals surface area contributed by atoms with Crippen molar-refractivity contribution in [3.8, 4) is 34.5 Å². The summed E-state index contributed by atoms with van der Waals surface area (Å²) in [4.78, 5) is 81.8. The lowest BCUT2D eigenvalue weighted by molar-refractivity contribution is -0.145. The van der Waals surface area contributed by atoms with Gasteiger partial charge in [0.1, 0.15) is 34.5 Å². The number of aromatic nitrogens is 1. The van der Waals surface area contributed by atoms with Crippen molar-refractivity contribution in [2.45, 2.75) is 148 Å². The zero-order valence-electron chi connectivity index (χ0n) is 49.1. The highest BCUT2D eigenvalue weighted by Gasteiger charge is 2.34. The van der Waals surface area contributed by atoms with Crippen molar-refractivity contribution in [3.63, 3.8) is 0 Å². The van der Waals surface area contributed by atoms with E-state index in [4.69, 9.17) is 48.0 Å². The molecular weight excluding hydrogens is 1100 g/mol. The van der Waals surface area contributed by atoms with E-state index < -0.39 is 35.7 Å². The molecular formula is C67H81N3O14S. The van der Waals surface area contributed by atoms with Crippen molar-refractivity contribution >= 4 is 68.7 Å². The Morgan fingerprint density at radius 1 is 0.553 bits per heavy atom. The van der Waals surface area contributed by atoms with Crippen LogP contribution in [0.15, 0.2) is 121 Å². The predicted octanol–water partition coefficient (Wildman–Crippen LogP) is 14.1. The largest absolute Gasteiger partial charge is 0.494 e. The predicted molar refractivity (Wildman–Crippen MR) is 326 cm³/mol. The van der Waals surface area contributed by atoms with Gasteiger partial charge in [-0.2, -0.15) is 5.10 Å². The summed E-state index contributed by atoms with van der Waals surface area (Å²) in [5.41, 5.74) is 1.29. The number of hydrogen-bond acceptors (Lipinski definition) is 18. The Kier molecular flexibility index (Phi) is 26.5. The van der Waals surface area contributed by atoms with E-state index in [1.807, 2.05) is 29.3 Å². The number of nitrogens with zero attached hydrogens (tertiary/aromatic N) is 3. The highest BCUT2D eigenvalue weighted by molar-refractivity contribution is 7.22. The monoisotopic (exact) mass is 1180 g/mol. The number of carbonyl (C=O) groups excluding carboxylic acids is 6. The van der Waals surface area contributed by atoms with Gasteiger partial charge in [0.25, 0.3) is 0 Å². The second-order valence-electron chi connectivity index (χ2n) is 21.5. The number of fused-ring (bicyclic) bond motifs is 1. The van der Waals surface area contributed by atoms with Crippen LogP contribution in [0.4, 0.5) is 5.13 Å². The molecule has 17 nitrogen and oxygen atoms in total. The quantitative estimate of drug-likeness (QED) is 0.00938. The molecule has 0 N–H and O–H groups in total. The number of hydrazone groups is 1. The van der Waals surface area contributed by atoms with Crippen molar-refractivity contribution in [1.82, 2.24) is 4.98 Å². The van der Waals surface area contributed by atoms with E-state index in [9.17, 15) is 28.8 Å². The second kappa shape index (κ2) is 34.8. The SMILES string of the molecule is C=CC(=O)OCCCCCCOc1ccc(OC(=O)C2CCC(C(=O)Oc3ccc(OC(=O)C4CCC(C(=O)Oc5ccc(OCCCCCCOC(=O)C=C)cc5)CC4)c(/C=N/N(c4nc5ccccc5s4)C(CC)CCCC)c3)CC2)cc1. The molecule has 1 atom stereocenters. The Labute approximate surface area is 503 Å². The molecule has 0 bridgehead atoms. The van der Waals surface area contributed by atoms with E-state index in [-0.39, 0.29) is 41.3 Å². The summed E-state index contributed by atoms with van der Waals surface area (Å²) >= 11 is 1.55. The summed E-state index contributed by atoms with van der Waals surface area (Å²) in [7, 11) is 0. The Balaban J connectivity index is 0.928. The van der Waals surface area contributed by atoms with E-state index >= 15 is 0 Å². The summed E-state index contributed by atoms with van der Waals surface area (Å²) < 4.78 is 46.5. The third-order valence-corrected chi connectivity index (χ3v) is 16.3. The topological polar surface area (TPSA) is 205 Å². The Hall–Kier alpha value is -7.86. The zero-order chi connectivity index (χ0) is 60.2. The third kappa shape index (κ3) is 21.0. The lowest BCUT2D eigenvalue weighted by Crippen LogP contribution is -2.31. The summed E-state index contributed by atoms with van der Waals surface area (Å²) in [6.07, 6.45) is 18.1. The van der Waals surface area contributed by atoms with Crippen molar-refractivity contribution in [3.05, 3.63) is 122 Å². The van der Waals surface area contributed by atoms with Crippen molar-refractivity contribution in [2.24, 2.45) is 28.8 Å². The van der Waals surface area contributed by atoms with Crippen LogP contribution in [0, 0.1) is 23.7 Å². The van der Waals surface area contributed by atoms with Crippen LogP contribution in [0.5, 0.6) is 34.5 Å². The number of carbonyl (C=O) groups is 6. The number of ether oxygens (including phenoxy) is 8. The smallest absolute Gasteiger partial charge is 0.330 e. The van der Waals surface area contributed by atoms with Gasteiger partial charge in [0.05, 0.1) is 72.6 Å². The van der Waals surface area contributed by atoms with Gasteiger partial charge in [0.2, 0.25) is 5.13 Å². The first-order valence-electron chi connectivity index (χ1n) is 30.2. The lowest BCUT2D eigenvalue weighted by atomic mass is 9.82. The fourth-order valence-electron chi connectivity index (χ4n) is 10.2. The summed E-state index contributed by atoms with van der Waals surface area (Å²) in [6, 6.07) is 26.8. The molecule has 0 spiro atoms. The zero-order valence-corrected chi connectivity index (χ0v) is 49.9. The standard InChI is InChI=1S/C67H81N3O14S/c1-5-9-20-52(6-2)70(67-69-58-21-14-15-22-60(58)85-67)68-46-51-45-57(83-65(75)49-25-23-47(24-26-49)63(73)81-55-35-31-53(32-36-55)77-41-16-10-12-18-43-79-61(71)7-3)39-40-59(51)84-66(76)50-29-27-48(28-30-50)64(74)82-56-37-33-54(34-38-56)78-42-17-11-13-19-44-80-62(72)8-4/h7-8,14-15,21-22,31-40,45-50,52H,3-6,9-13,16-20,23-30,41-44H2,1-2H3/b68-46+. The Morgan fingerprint density at radius 2 is 0.988 bits per heavy atom. The first-order valence-corrected chi connectivity index (χ1v) is 31.0. The summed E-state index contributed by atoms with van der Waals surface area (Å²) in [5, 5.41) is 7.73. The van der Waals surface area contributed by atoms with Crippen LogP contribution in [0.3, 0.4) is 0 Å². The first-order chi connectivity index (χ1) is 41.4. The maximum Gasteiger partial charge on any atom is 0.330 e. The molecule has 0 aliphatic heterocycles. The Bertz CT molecular complexity index is 2960. The molecule has 18 heteroatoms. The molecule has 1 aromatic heterocycles. The minimum Gasteiger partial charge on any atom is -0.494 e. The summed E-state index contributed by atoms with van der Waals surface area (Å²) in [6.45, 7) is 12.9. The number of benzene rings is 4. The molecule has 0 radical (unpaired) electrons. The molecule has 0 amide bonds. The number of thiazole rings is 1. The number of para-hydroxylation sites is 1. The minimum absolute atomic E-state index is 0.0228. The molecule has 1 heterocycles. The fraction of sp³-hybridized carbons (Fsp3) is 0.463. The molecule has 4 aromatic carbocycles. The van der Waals surface area contributed by atoms with E-state index in [0.29, 0.717) is 106 Å². The van der Waals surface area contributed by atoms with Gasteiger partial charge in [-0.3, -0.25) is 19.2 Å². The molecule has 85 heavy (non-hydrogen) atoms. The average Bonchev–Trinajstić information content (AvgIpc) is 4.08. The maximum atomic E-state index is 14.0. The van der Waals surface area contributed by atoms with Crippen LogP contribution >= 0.6 is 11.3 Å². The van der Waals surface area contributed by atoms with Crippen LogP contribution in [0.2, 0.25) is 0 Å². The fourth-order valence-corrected chi connectivity index (χ4v) is 11.2. The third-order valence-electron chi connectivity index (χ3n) is 15.2. The molecule has 2 fully saturated rings. The van der Waals surface area contributed by atoms with Crippen LogP contribution in [-0.2, 0) is 38.2 Å². The van der Waals surface area contributed by atoms with Gasteiger partial charge in [0, 0.05) is 17.7 Å². The number of hydrogen-bond donors (Lipinski definition) is 0. The molecule has 454 valence electrons. The van der Waals surface area contributed by atoms with Crippen LogP contribution < -0.4 is 33.4 Å². The van der Waals surface area contributed by atoms with E-state index in [2.05, 4.69) is 27.0 Å². The van der Waals surface area contributed by atoms with Gasteiger partial charge < -0.3 is 37.9 Å². The first kappa shape index (κ1) is 64.7. The maximum absolute atomic E-state index is 14.0. The number of anilines is 1. The minimum atomic E-state index is -0.468. The highest BCUT2D eigenvalue weighted by Crippen LogP contribution is 2.36. The average molecular weight is 1180 g/mol. The molecule has 2 aliphatic rings. The number of rotatable bonds is 34. The molecule has 1 unspecified atom stereocenters. The molecule has 5 aromatic rings. The Morgan fingerprint density at radius 3 is 1.45 bits per heavy atom. The van der Waals surface area contributed by atoms with Gasteiger partial charge in [0.15, 0.2) is 0 Å². The van der Waals surface area contributed by atoms with Gasteiger partial charge >= 0.3 is 35.8 Å². The highest BCUT2D eigenvalue weighted by atomic mass is 32.1. The van der Waals surface area contributed by atoms with Crippen molar-refractivity contribution in [2.75, 3.05) is 31.4 Å². The van der Waals surface area contributed by atoms with Gasteiger partial charge in [-0.1, -0.05) is 63.3 Å². The van der Waals surface area contributed by atoms with Gasteiger partial charge in [-0.05, 0) is 194 Å². The molecule has 7 rings (SSSR count). The molecule has 2 saturated carbocycles. The van der Waals surface area contributed by atoms with Gasteiger partial charge in [-0.15, -0.1) is 0 Å². The van der Waals surface area contributed by atoms with Crippen LogP contribution in [0.25, 0.3) is 10.2 Å². The molecule has 0 saturated heterocycles. The molecule has 2 aliphatic carbocycles. The van der Waals surface area contributed by atoms with E-state index in [1.54, 1.807) is 84.3 Å². The lowest BCUT2D eigenvalue weighted by Gasteiger charge is -2.27. The second-order valence-corrected chi connectivity index (χ2v) is 22.5. The van der Waals surface area contributed by atoms with Crippen molar-refractivity contribution < 1.29 is 66.7 Å². The summed E-state index contributed by atoms with van der Waals surface area (Å²) in [5.74, 6) is -1.42. The number of esters is 6. The van der Waals surface area contributed by atoms with Crippen LogP contribution in [-0.4, -0.2) is 79.5 Å². The van der Waals surface area contributed by atoms with E-state index in [1.165, 1.54) is 0 Å². The van der Waals surface area contributed by atoms with E-state index in [0.717, 1.165) is 105 Å². The van der Waals surface area contributed by atoms with Gasteiger partial charge in [-0.25, -0.2) is 19.6 Å².